The van der Waals surface area contributed by atoms with Gasteiger partial charge >= 0.3 is 0 Å². The van der Waals surface area contributed by atoms with Crippen molar-refractivity contribution in [3.63, 3.8) is 0 Å². The Labute approximate surface area is 137 Å². The van der Waals surface area contributed by atoms with Gasteiger partial charge in [-0.15, -0.1) is 0 Å². The van der Waals surface area contributed by atoms with Gasteiger partial charge in [-0.05, 0) is 49.1 Å². The molecular weight excluding hydrogens is 313 g/mol. The number of nitrogens with one attached hydrogen (secondary N) is 1. The van der Waals surface area contributed by atoms with Crippen molar-refractivity contribution < 1.29 is 8.91 Å². The highest BCUT2D eigenvalue weighted by Gasteiger charge is 2.19. The summed E-state index contributed by atoms with van der Waals surface area (Å²) in [6, 6.07) is 6.38. The van der Waals surface area contributed by atoms with Crippen LogP contribution in [0.15, 0.2) is 40.1 Å². The molecule has 0 fully saturated rings. The number of halogens is 1. The fraction of sp³-hybridized carbons (Fsp3) is 0.294. The average molecular weight is 329 g/mol. The number of aromatic nitrogens is 3. The van der Waals surface area contributed by atoms with E-state index in [0.717, 1.165) is 46.5 Å². The van der Waals surface area contributed by atoms with E-state index >= 15 is 0 Å². The van der Waals surface area contributed by atoms with Gasteiger partial charge in [-0.1, -0.05) is 16.9 Å². The largest absolute Gasteiger partial charge is 0.361 e. The third-order valence-corrected chi connectivity index (χ3v) is 4.98. The number of aromatic amines is 1. The van der Waals surface area contributed by atoms with Crippen molar-refractivity contribution >= 4 is 11.8 Å². The molecule has 0 amide bonds. The van der Waals surface area contributed by atoms with E-state index in [1.165, 1.54) is 30.5 Å². The second-order valence-corrected chi connectivity index (χ2v) is 6.60. The lowest BCUT2D eigenvalue weighted by molar-refractivity contribution is 0.369. The van der Waals surface area contributed by atoms with Gasteiger partial charge in [-0.2, -0.15) is 0 Å². The number of rotatable bonds is 4. The number of hydrogen-bond acceptors (Lipinski definition) is 4. The molecule has 3 aromatic rings. The Bertz CT molecular complexity index is 810. The van der Waals surface area contributed by atoms with E-state index < -0.39 is 0 Å². The minimum atomic E-state index is -0.237. The number of nitrogens with zero attached hydrogens (tertiary/aromatic N) is 2. The van der Waals surface area contributed by atoms with Crippen LogP contribution in [-0.2, 0) is 18.6 Å². The first kappa shape index (κ1) is 14.5. The van der Waals surface area contributed by atoms with Crippen molar-refractivity contribution in [1.29, 1.82) is 0 Å². The van der Waals surface area contributed by atoms with Gasteiger partial charge in [-0.3, -0.25) is 0 Å². The van der Waals surface area contributed by atoms with Crippen LogP contribution in [0, 0.1) is 5.82 Å². The van der Waals surface area contributed by atoms with E-state index in [4.69, 9.17) is 4.52 Å². The maximum Gasteiger partial charge on any atom is 0.166 e. The number of hydrogen-bond donors (Lipinski definition) is 1. The van der Waals surface area contributed by atoms with E-state index in [2.05, 4.69) is 15.1 Å². The first-order chi connectivity index (χ1) is 11.3. The molecule has 2 aromatic heterocycles. The summed E-state index contributed by atoms with van der Waals surface area (Å²) in [4.78, 5) is 7.64. The SMILES string of the molecule is Fc1ccc(-c2cnc(SCc3noc4c3CCCC4)[nH]2)cc1. The minimum Gasteiger partial charge on any atom is -0.361 e. The van der Waals surface area contributed by atoms with E-state index in [1.807, 2.05) is 0 Å². The summed E-state index contributed by atoms with van der Waals surface area (Å²) in [7, 11) is 0. The normalized spacial score (nSPS) is 14.0. The Morgan fingerprint density at radius 2 is 2.00 bits per heavy atom. The Hall–Kier alpha value is -2.08. The molecule has 0 unspecified atom stereocenters. The summed E-state index contributed by atoms with van der Waals surface area (Å²) in [5.74, 6) is 1.56. The molecule has 4 rings (SSSR count). The molecule has 0 spiro atoms. The monoisotopic (exact) mass is 329 g/mol. The summed E-state index contributed by atoms with van der Waals surface area (Å²) in [5.41, 5.74) is 4.12. The summed E-state index contributed by atoms with van der Waals surface area (Å²) in [5, 5.41) is 5.04. The van der Waals surface area contributed by atoms with E-state index in [9.17, 15) is 4.39 Å². The molecular formula is C17H16FN3OS. The summed E-state index contributed by atoms with van der Waals surface area (Å²) >= 11 is 1.61. The standard InChI is InChI=1S/C17H16FN3OS/c18-12-7-5-11(6-8-12)14-9-19-17(20-14)23-10-15-13-3-1-2-4-16(13)22-21-15/h5-9H,1-4,10H2,(H,19,20). The molecule has 2 heterocycles. The molecule has 1 N–H and O–H groups in total. The molecule has 0 atom stereocenters. The lowest BCUT2D eigenvalue weighted by Gasteiger charge is -2.08. The van der Waals surface area contributed by atoms with Crippen LogP contribution in [0.3, 0.4) is 0 Å². The number of H-pyrrole nitrogens is 1. The number of benzene rings is 1. The van der Waals surface area contributed by atoms with Gasteiger partial charge in [0.15, 0.2) is 5.16 Å². The molecule has 1 aliphatic carbocycles. The van der Waals surface area contributed by atoms with Gasteiger partial charge in [0.1, 0.15) is 11.6 Å². The zero-order chi connectivity index (χ0) is 15.6. The highest BCUT2D eigenvalue weighted by molar-refractivity contribution is 7.98. The first-order valence-corrected chi connectivity index (χ1v) is 8.68. The van der Waals surface area contributed by atoms with Gasteiger partial charge < -0.3 is 9.51 Å². The molecule has 1 aliphatic rings. The van der Waals surface area contributed by atoms with Crippen molar-refractivity contribution in [1.82, 2.24) is 15.1 Å². The van der Waals surface area contributed by atoms with Crippen molar-refractivity contribution in [2.45, 2.75) is 36.6 Å². The number of thioether (sulfide) groups is 1. The van der Waals surface area contributed by atoms with Crippen LogP contribution in [-0.4, -0.2) is 15.1 Å². The van der Waals surface area contributed by atoms with Crippen LogP contribution in [0.2, 0.25) is 0 Å². The van der Waals surface area contributed by atoms with E-state index in [-0.39, 0.29) is 5.82 Å². The van der Waals surface area contributed by atoms with E-state index in [0.29, 0.717) is 0 Å². The quantitative estimate of drug-likeness (QED) is 0.722. The number of imidazole rings is 1. The Balaban J connectivity index is 1.46. The number of fused-ring (bicyclic) bond motifs is 1. The van der Waals surface area contributed by atoms with Crippen LogP contribution in [0.4, 0.5) is 4.39 Å². The molecule has 1 aromatic carbocycles. The summed E-state index contributed by atoms with van der Waals surface area (Å²) in [6.45, 7) is 0. The smallest absolute Gasteiger partial charge is 0.166 e. The fourth-order valence-electron chi connectivity index (χ4n) is 2.85. The lowest BCUT2D eigenvalue weighted by Crippen LogP contribution is -2.01. The Morgan fingerprint density at radius 1 is 1.17 bits per heavy atom. The van der Waals surface area contributed by atoms with Crippen LogP contribution in [0.5, 0.6) is 0 Å². The Kier molecular flexibility index (Phi) is 3.91. The second kappa shape index (κ2) is 6.20. The molecule has 0 radical (unpaired) electrons. The molecule has 0 saturated carbocycles. The van der Waals surface area contributed by atoms with Gasteiger partial charge in [0.05, 0.1) is 17.6 Å². The Morgan fingerprint density at radius 3 is 2.87 bits per heavy atom. The van der Waals surface area contributed by atoms with Gasteiger partial charge in [0.2, 0.25) is 0 Å². The third kappa shape index (κ3) is 3.03. The van der Waals surface area contributed by atoms with Crippen LogP contribution in [0.1, 0.15) is 29.9 Å². The predicted molar refractivity (Wildman–Crippen MR) is 86.7 cm³/mol. The van der Waals surface area contributed by atoms with Crippen molar-refractivity contribution in [2.24, 2.45) is 0 Å². The maximum atomic E-state index is 13.0. The first-order valence-electron chi connectivity index (χ1n) is 7.69. The molecule has 23 heavy (non-hydrogen) atoms. The third-order valence-electron chi connectivity index (χ3n) is 4.08. The summed E-state index contributed by atoms with van der Waals surface area (Å²) in [6.07, 6.45) is 6.24. The second-order valence-electron chi connectivity index (χ2n) is 5.64. The summed E-state index contributed by atoms with van der Waals surface area (Å²) < 4.78 is 18.4. The molecule has 0 saturated heterocycles. The molecule has 0 bridgehead atoms. The van der Waals surface area contributed by atoms with Crippen LogP contribution < -0.4 is 0 Å². The van der Waals surface area contributed by atoms with Crippen LogP contribution >= 0.6 is 11.8 Å². The zero-order valence-electron chi connectivity index (χ0n) is 12.5. The van der Waals surface area contributed by atoms with Gasteiger partial charge in [0, 0.05) is 17.7 Å². The average Bonchev–Trinajstić information content (AvgIpc) is 3.20. The zero-order valence-corrected chi connectivity index (χ0v) is 13.3. The minimum absolute atomic E-state index is 0.237. The number of aryl methyl sites for hydroxylation is 1. The fourth-order valence-corrected chi connectivity index (χ4v) is 3.66. The van der Waals surface area contributed by atoms with Gasteiger partial charge in [-0.25, -0.2) is 9.37 Å². The van der Waals surface area contributed by atoms with Crippen molar-refractivity contribution in [3.05, 3.63) is 53.3 Å². The lowest BCUT2D eigenvalue weighted by atomic mass is 9.97. The highest BCUT2D eigenvalue weighted by atomic mass is 32.2. The van der Waals surface area contributed by atoms with Crippen molar-refractivity contribution in [3.8, 4) is 11.3 Å². The highest BCUT2D eigenvalue weighted by Crippen LogP contribution is 2.29. The molecule has 118 valence electrons. The van der Waals surface area contributed by atoms with Crippen molar-refractivity contribution in [2.75, 3.05) is 0 Å². The topological polar surface area (TPSA) is 54.7 Å². The predicted octanol–water partition coefficient (Wildman–Crippen LogP) is 4.37. The molecule has 4 nitrogen and oxygen atoms in total. The maximum absolute atomic E-state index is 13.0. The molecule has 6 heteroatoms. The van der Waals surface area contributed by atoms with Crippen LogP contribution in [0.25, 0.3) is 11.3 Å². The van der Waals surface area contributed by atoms with Gasteiger partial charge in [0.25, 0.3) is 0 Å². The molecule has 0 aliphatic heterocycles. The van der Waals surface area contributed by atoms with E-state index in [1.54, 1.807) is 30.1 Å².